The van der Waals surface area contributed by atoms with Gasteiger partial charge in [0.1, 0.15) is 0 Å². The van der Waals surface area contributed by atoms with E-state index in [4.69, 9.17) is 4.99 Å². The van der Waals surface area contributed by atoms with Gasteiger partial charge in [-0.2, -0.15) is 0 Å². The summed E-state index contributed by atoms with van der Waals surface area (Å²) in [6.45, 7) is 0.797. The highest BCUT2D eigenvalue weighted by Gasteiger charge is 2.30. The van der Waals surface area contributed by atoms with E-state index in [9.17, 15) is 4.79 Å². The number of thioether (sulfide) groups is 1. The van der Waals surface area contributed by atoms with Crippen molar-refractivity contribution >= 4 is 28.5 Å². The summed E-state index contributed by atoms with van der Waals surface area (Å²) in [5.41, 5.74) is 1.10. The third kappa shape index (κ3) is 4.26. The van der Waals surface area contributed by atoms with Gasteiger partial charge in [0.05, 0.1) is 11.3 Å². The lowest BCUT2D eigenvalue weighted by Gasteiger charge is -2.17. The fourth-order valence-electron chi connectivity index (χ4n) is 2.94. The molecule has 1 atom stereocenters. The molecule has 1 saturated heterocycles. The lowest BCUT2D eigenvalue weighted by atomic mass is 9.96. The summed E-state index contributed by atoms with van der Waals surface area (Å²) in [6, 6.07) is 10.5. The Morgan fingerprint density at radius 2 is 1.95 bits per heavy atom. The summed E-state index contributed by atoms with van der Waals surface area (Å²) in [6.07, 6.45) is 7.01. The molecule has 5 heteroatoms. The number of carbonyl (C=O) groups is 1. The Labute approximate surface area is 136 Å². The number of hydrogen-bond acceptors (Lipinski definition) is 4. The van der Waals surface area contributed by atoms with Crippen molar-refractivity contribution in [1.29, 1.82) is 0 Å². The van der Waals surface area contributed by atoms with Gasteiger partial charge in [-0.15, -0.1) is 0 Å². The average molecular weight is 317 g/mol. The van der Waals surface area contributed by atoms with Crippen molar-refractivity contribution in [3.63, 3.8) is 0 Å². The number of benzene rings is 1. The number of amidine groups is 1. The Bertz CT molecular complexity index is 526. The molecule has 1 aromatic rings. The monoisotopic (exact) mass is 317 g/mol. The summed E-state index contributed by atoms with van der Waals surface area (Å²) in [5.74, 6) is 0.106. The molecule has 2 aliphatic rings. The van der Waals surface area contributed by atoms with Crippen molar-refractivity contribution in [3.05, 3.63) is 30.3 Å². The average Bonchev–Trinajstić information content (AvgIpc) is 2.89. The largest absolute Gasteiger partial charge is 0.385 e. The minimum absolute atomic E-state index is 0.0152. The fraction of sp³-hybridized carbons (Fsp3) is 0.529. The highest BCUT2D eigenvalue weighted by Crippen LogP contribution is 2.26. The molecule has 1 amide bonds. The fourth-order valence-corrected chi connectivity index (χ4v) is 3.98. The molecule has 3 rings (SSSR count). The first-order valence-electron chi connectivity index (χ1n) is 8.15. The molecule has 2 N–H and O–H groups in total. The van der Waals surface area contributed by atoms with Crippen molar-refractivity contribution in [2.24, 2.45) is 4.99 Å². The van der Waals surface area contributed by atoms with Crippen LogP contribution in [0, 0.1) is 0 Å². The number of nitrogens with one attached hydrogen (secondary N) is 2. The van der Waals surface area contributed by atoms with Gasteiger partial charge in [0.15, 0.2) is 5.17 Å². The lowest BCUT2D eigenvalue weighted by Crippen LogP contribution is -2.27. The summed E-state index contributed by atoms with van der Waals surface area (Å²) in [4.78, 5) is 16.8. The second-order valence-electron chi connectivity index (χ2n) is 5.90. The van der Waals surface area contributed by atoms with Crippen LogP contribution >= 0.6 is 11.8 Å². The topological polar surface area (TPSA) is 53.5 Å². The molecule has 0 aromatic heterocycles. The minimum Gasteiger partial charge on any atom is -0.385 e. The zero-order valence-electron chi connectivity index (χ0n) is 12.8. The van der Waals surface area contributed by atoms with Gasteiger partial charge in [-0.25, -0.2) is 0 Å². The van der Waals surface area contributed by atoms with Crippen LogP contribution < -0.4 is 10.6 Å². The van der Waals surface area contributed by atoms with Gasteiger partial charge in [0.2, 0.25) is 5.91 Å². The van der Waals surface area contributed by atoms with Crippen LogP contribution in [-0.2, 0) is 4.79 Å². The number of amides is 1. The SMILES string of the molecule is O=C1NC(=NC2CCCCC2)SC1CCNc1ccccc1. The molecule has 0 bridgehead atoms. The quantitative estimate of drug-likeness (QED) is 0.875. The van der Waals surface area contributed by atoms with Gasteiger partial charge in [-0.1, -0.05) is 49.2 Å². The molecule has 1 saturated carbocycles. The molecule has 1 aromatic carbocycles. The third-order valence-corrected chi connectivity index (χ3v) is 5.33. The van der Waals surface area contributed by atoms with Gasteiger partial charge in [-0.3, -0.25) is 9.79 Å². The number of rotatable bonds is 5. The van der Waals surface area contributed by atoms with E-state index in [1.807, 2.05) is 30.3 Å². The molecule has 1 unspecified atom stereocenters. The summed E-state index contributed by atoms with van der Waals surface area (Å²) >= 11 is 1.60. The van der Waals surface area contributed by atoms with Crippen molar-refractivity contribution in [2.45, 2.75) is 49.8 Å². The first kappa shape index (κ1) is 15.4. The Morgan fingerprint density at radius 1 is 1.18 bits per heavy atom. The van der Waals surface area contributed by atoms with E-state index in [2.05, 4.69) is 10.6 Å². The molecule has 1 aliphatic heterocycles. The van der Waals surface area contributed by atoms with Crippen molar-refractivity contribution < 1.29 is 4.79 Å². The van der Waals surface area contributed by atoms with Crippen LogP contribution in [0.4, 0.5) is 5.69 Å². The molecule has 4 nitrogen and oxygen atoms in total. The molecule has 0 radical (unpaired) electrons. The summed E-state index contributed by atoms with van der Waals surface area (Å²) in [5, 5.41) is 7.12. The van der Waals surface area contributed by atoms with E-state index in [0.29, 0.717) is 6.04 Å². The molecule has 22 heavy (non-hydrogen) atoms. The predicted octanol–water partition coefficient (Wildman–Crippen LogP) is 3.41. The number of nitrogens with zero attached hydrogens (tertiary/aromatic N) is 1. The van der Waals surface area contributed by atoms with Crippen molar-refractivity contribution in [3.8, 4) is 0 Å². The number of aliphatic imine (C=N–C) groups is 1. The second-order valence-corrected chi connectivity index (χ2v) is 7.09. The van der Waals surface area contributed by atoms with Crippen LogP contribution in [0.5, 0.6) is 0 Å². The lowest BCUT2D eigenvalue weighted by molar-refractivity contribution is -0.118. The van der Waals surface area contributed by atoms with E-state index < -0.39 is 0 Å². The standard InChI is InChI=1S/C17H23N3OS/c21-16-15(11-12-18-13-7-3-1-4-8-13)22-17(20-16)19-14-9-5-2-6-10-14/h1,3-4,7-8,14-15,18H,2,5-6,9-12H2,(H,19,20,21). The maximum atomic E-state index is 12.0. The minimum atomic E-state index is -0.0152. The van der Waals surface area contributed by atoms with Crippen molar-refractivity contribution in [2.75, 3.05) is 11.9 Å². The Hall–Kier alpha value is -1.49. The van der Waals surface area contributed by atoms with Gasteiger partial charge in [0.25, 0.3) is 0 Å². The first-order valence-corrected chi connectivity index (χ1v) is 9.03. The summed E-state index contributed by atoms with van der Waals surface area (Å²) in [7, 11) is 0. The number of hydrogen-bond donors (Lipinski definition) is 2. The second kappa shape index (κ2) is 7.68. The Balaban J connectivity index is 1.46. The summed E-state index contributed by atoms with van der Waals surface area (Å²) < 4.78 is 0. The highest BCUT2D eigenvalue weighted by molar-refractivity contribution is 8.15. The maximum absolute atomic E-state index is 12.0. The third-order valence-electron chi connectivity index (χ3n) is 4.16. The first-order chi connectivity index (χ1) is 10.8. The smallest absolute Gasteiger partial charge is 0.239 e. The van der Waals surface area contributed by atoms with E-state index in [-0.39, 0.29) is 11.2 Å². The van der Waals surface area contributed by atoms with E-state index in [1.54, 1.807) is 11.8 Å². The predicted molar refractivity (Wildman–Crippen MR) is 93.4 cm³/mol. The molecule has 1 aliphatic carbocycles. The van der Waals surface area contributed by atoms with E-state index in [1.165, 1.54) is 32.1 Å². The number of anilines is 1. The van der Waals surface area contributed by atoms with E-state index in [0.717, 1.165) is 23.8 Å². The Morgan fingerprint density at radius 3 is 2.73 bits per heavy atom. The number of para-hydroxylation sites is 1. The molecule has 118 valence electrons. The van der Waals surface area contributed by atoms with Gasteiger partial charge in [0, 0.05) is 12.2 Å². The molecular formula is C17H23N3OS. The van der Waals surface area contributed by atoms with Gasteiger partial charge in [-0.05, 0) is 31.4 Å². The van der Waals surface area contributed by atoms with Crippen LogP contribution in [0.2, 0.25) is 0 Å². The van der Waals surface area contributed by atoms with Crippen LogP contribution in [0.15, 0.2) is 35.3 Å². The zero-order valence-corrected chi connectivity index (χ0v) is 13.6. The van der Waals surface area contributed by atoms with Crippen LogP contribution in [0.3, 0.4) is 0 Å². The van der Waals surface area contributed by atoms with Crippen LogP contribution in [-0.4, -0.2) is 28.9 Å². The van der Waals surface area contributed by atoms with Crippen LogP contribution in [0.1, 0.15) is 38.5 Å². The van der Waals surface area contributed by atoms with E-state index >= 15 is 0 Å². The van der Waals surface area contributed by atoms with Crippen molar-refractivity contribution in [1.82, 2.24) is 5.32 Å². The maximum Gasteiger partial charge on any atom is 0.239 e. The number of carbonyl (C=O) groups excluding carboxylic acids is 1. The molecular weight excluding hydrogens is 294 g/mol. The zero-order chi connectivity index (χ0) is 15.2. The van der Waals surface area contributed by atoms with Crippen LogP contribution in [0.25, 0.3) is 0 Å². The highest BCUT2D eigenvalue weighted by atomic mass is 32.2. The van der Waals surface area contributed by atoms with Gasteiger partial charge < -0.3 is 10.6 Å². The normalized spacial score (nSPS) is 24.5. The molecule has 2 fully saturated rings. The molecule has 0 spiro atoms. The molecule has 1 heterocycles. The Kier molecular flexibility index (Phi) is 5.38. The van der Waals surface area contributed by atoms with Gasteiger partial charge >= 0.3 is 0 Å².